The van der Waals surface area contributed by atoms with Gasteiger partial charge < -0.3 is 20.3 Å². The molecule has 1 atom stereocenters. The highest BCUT2D eigenvalue weighted by atomic mass is 16.3. The third-order valence-corrected chi connectivity index (χ3v) is 5.58. The van der Waals surface area contributed by atoms with Crippen molar-refractivity contribution in [1.82, 2.24) is 40.1 Å². The van der Waals surface area contributed by atoms with E-state index < -0.39 is 6.10 Å². The molecule has 3 N–H and O–H groups in total. The van der Waals surface area contributed by atoms with Crippen LogP contribution in [0.5, 0.6) is 0 Å². The van der Waals surface area contributed by atoms with Gasteiger partial charge in [0.15, 0.2) is 0 Å². The fraction of sp³-hybridized carbons (Fsp3) is 0.450. The Morgan fingerprint density at radius 1 is 1.20 bits per heavy atom. The van der Waals surface area contributed by atoms with Crippen molar-refractivity contribution in [2.45, 2.75) is 25.4 Å². The lowest BCUT2D eigenvalue weighted by molar-refractivity contribution is 0.109. The second-order valence-corrected chi connectivity index (χ2v) is 7.83. The number of β-amino-alcohol motifs (C(OH)–C–C–N with tert-alkyl or cyclic N) is 1. The van der Waals surface area contributed by atoms with E-state index in [0.717, 1.165) is 40.6 Å². The summed E-state index contributed by atoms with van der Waals surface area (Å²) in [5, 5.41) is 28.0. The number of aliphatic hydroxyl groups is 1. The van der Waals surface area contributed by atoms with Crippen molar-refractivity contribution in [3.8, 4) is 11.4 Å². The number of hydrogen-bond acceptors (Lipinski definition) is 8. The molecule has 4 aromatic rings. The maximum Gasteiger partial charge on any atom is 0.204 e. The number of nitrogens with zero attached hydrogens (tertiary/aromatic N) is 7. The van der Waals surface area contributed by atoms with Gasteiger partial charge in [-0.1, -0.05) is 18.6 Å². The van der Waals surface area contributed by atoms with Crippen LogP contribution in [-0.4, -0.2) is 77.4 Å². The van der Waals surface area contributed by atoms with E-state index in [1.165, 1.54) is 30.4 Å². The second-order valence-electron chi connectivity index (χ2n) is 7.83. The number of rotatable bonds is 6. The summed E-state index contributed by atoms with van der Waals surface area (Å²) in [4.78, 5) is 15.9. The van der Waals surface area contributed by atoms with Crippen LogP contribution < -0.4 is 5.32 Å². The molecule has 3 aromatic heterocycles. The molecule has 10 heteroatoms. The van der Waals surface area contributed by atoms with Crippen LogP contribution >= 0.6 is 0 Å². The van der Waals surface area contributed by atoms with Gasteiger partial charge in [0.25, 0.3) is 0 Å². The molecule has 5 rings (SSSR count). The van der Waals surface area contributed by atoms with Crippen LogP contribution in [0.1, 0.15) is 19.3 Å². The van der Waals surface area contributed by atoms with Gasteiger partial charge in [-0.15, -0.1) is 10.2 Å². The molecule has 10 nitrogen and oxygen atoms in total. The Morgan fingerprint density at radius 2 is 2.07 bits per heavy atom. The van der Waals surface area contributed by atoms with E-state index in [9.17, 15) is 5.11 Å². The van der Waals surface area contributed by atoms with Crippen molar-refractivity contribution in [1.29, 1.82) is 0 Å². The minimum Gasteiger partial charge on any atom is -0.390 e. The topological polar surface area (TPSA) is 121 Å². The predicted molar refractivity (Wildman–Crippen MR) is 114 cm³/mol. The Labute approximate surface area is 173 Å². The average molecular weight is 407 g/mol. The Balaban J connectivity index is 1.38. The zero-order valence-corrected chi connectivity index (χ0v) is 16.9. The number of aryl methyl sites for hydroxylation is 1. The largest absolute Gasteiger partial charge is 0.390 e. The van der Waals surface area contributed by atoms with Gasteiger partial charge in [-0.3, -0.25) is 0 Å². The first-order chi connectivity index (χ1) is 14.7. The minimum absolute atomic E-state index is 0.441. The van der Waals surface area contributed by atoms with Crippen molar-refractivity contribution < 1.29 is 5.11 Å². The number of tetrazole rings is 1. The molecule has 1 aliphatic heterocycles. The van der Waals surface area contributed by atoms with E-state index >= 15 is 0 Å². The summed E-state index contributed by atoms with van der Waals surface area (Å²) in [5.74, 6) is 1.29. The molecule has 0 aliphatic carbocycles. The number of nitrogens with one attached hydrogen (secondary N) is 2. The second kappa shape index (κ2) is 7.96. The third kappa shape index (κ3) is 3.71. The molecular formula is C20H25N9O. The molecule has 0 saturated carbocycles. The first-order valence-corrected chi connectivity index (χ1v) is 10.3. The van der Waals surface area contributed by atoms with Gasteiger partial charge in [0.1, 0.15) is 17.8 Å². The highest BCUT2D eigenvalue weighted by Gasteiger charge is 2.17. The minimum atomic E-state index is -0.451. The predicted octanol–water partition coefficient (Wildman–Crippen LogP) is 1.56. The van der Waals surface area contributed by atoms with E-state index in [-0.39, 0.29) is 0 Å². The van der Waals surface area contributed by atoms with E-state index in [0.29, 0.717) is 24.7 Å². The number of aliphatic hydroxyl groups excluding tert-OH is 1. The van der Waals surface area contributed by atoms with Gasteiger partial charge in [0.2, 0.25) is 5.82 Å². The van der Waals surface area contributed by atoms with Gasteiger partial charge >= 0.3 is 0 Å². The fourth-order valence-electron chi connectivity index (χ4n) is 4.12. The maximum atomic E-state index is 10.5. The van der Waals surface area contributed by atoms with Crippen molar-refractivity contribution in [2.24, 2.45) is 7.05 Å². The normalized spacial score (nSPS) is 16.3. The van der Waals surface area contributed by atoms with Crippen molar-refractivity contribution in [2.75, 3.05) is 31.5 Å². The van der Waals surface area contributed by atoms with Gasteiger partial charge in [-0.05, 0) is 37.2 Å². The van der Waals surface area contributed by atoms with E-state index in [2.05, 4.69) is 40.6 Å². The molecule has 1 unspecified atom stereocenters. The Morgan fingerprint density at radius 3 is 2.87 bits per heavy atom. The molecule has 1 fully saturated rings. The summed E-state index contributed by atoms with van der Waals surface area (Å²) in [6.07, 6.45) is 4.80. The number of fused-ring (bicyclic) bond motifs is 3. The van der Waals surface area contributed by atoms with Crippen molar-refractivity contribution in [3.05, 3.63) is 24.5 Å². The summed E-state index contributed by atoms with van der Waals surface area (Å²) in [6.45, 7) is 3.26. The van der Waals surface area contributed by atoms with Crippen molar-refractivity contribution in [3.63, 3.8) is 0 Å². The summed E-state index contributed by atoms with van der Waals surface area (Å²) >= 11 is 0. The van der Waals surface area contributed by atoms with E-state index in [1.54, 1.807) is 7.05 Å². The van der Waals surface area contributed by atoms with E-state index in [4.69, 9.17) is 0 Å². The van der Waals surface area contributed by atoms with Gasteiger partial charge in [-0.2, -0.15) is 4.80 Å². The number of H-pyrrole nitrogens is 1. The van der Waals surface area contributed by atoms with Crippen LogP contribution in [0, 0.1) is 0 Å². The van der Waals surface area contributed by atoms with E-state index in [1.807, 2.05) is 18.2 Å². The zero-order valence-electron chi connectivity index (χ0n) is 16.9. The quantitative estimate of drug-likeness (QED) is 0.440. The molecule has 0 radical (unpaired) electrons. The number of hydrogen-bond donors (Lipinski definition) is 3. The lowest BCUT2D eigenvalue weighted by atomic mass is 10.1. The first kappa shape index (κ1) is 18.9. The number of piperidine rings is 1. The number of aromatic amines is 1. The van der Waals surface area contributed by atoms with Crippen LogP contribution in [0.2, 0.25) is 0 Å². The van der Waals surface area contributed by atoms with Gasteiger partial charge in [0, 0.05) is 29.6 Å². The molecule has 0 spiro atoms. The summed E-state index contributed by atoms with van der Waals surface area (Å²) in [5.41, 5.74) is 2.55. The van der Waals surface area contributed by atoms with Crippen LogP contribution in [-0.2, 0) is 7.05 Å². The lowest BCUT2D eigenvalue weighted by Crippen LogP contribution is -2.39. The Hall–Kier alpha value is -3.11. The molecule has 1 saturated heterocycles. The molecule has 0 amide bonds. The monoisotopic (exact) mass is 407 g/mol. The highest BCUT2D eigenvalue weighted by molar-refractivity contribution is 6.11. The molecule has 1 aromatic carbocycles. The average Bonchev–Trinajstić information content (AvgIpc) is 3.36. The molecular weight excluding hydrogens is 382 g/mol. The standard InChI is InChI=1S/C20H25N9O/c1-28-26-18(25-27-28)13-5-6-15-16(9-13)24-20-17(15)19(22-12-23-20)21-10-14(30)11-29-7-3-2-4-8-29/h5-6,9,12,14,30H,2-4,7-8,10-11H2,1H3,(H2,21,22,23,24). The first-order valence-electron chi connectivity index (χ1n) is 10.3. The molecule has 1 aliphatic rings. The highest BCUT2D eigenvalue weighted by Crippen LogP contribution is 2.31. The Bertz CT molecular complexity index is 1160. The molecule has 4 heterocycles. The van der Waals surface area contributed by atoms with Crippen molar-refractivity contribution >= 4 is 27.8 Å². The number of likely N-dealkylation sites (tertiary alicyclic amines) is 1. The van der Waals surface area contributed by atoms with Gasteiger partial charge in [-0.25, -0.2) is 9.97 Å². The summed E-state index contributed by atoms with van der Waals surface area (Å²) < 4.78 is 0. The van der Waals surface area contributed by atoms with Crippen LogP contribution in [0.15, 0.2) is 24.5 Å². The number of aromatic nitrogens is 7. The molecule has 156 valence electrons. The SMILES string of the molecule is Cn1nnc(-c2ccc3c(c2)[nH]c2ncnc(NCC(O)CN4CCCCC4)c23)n1. The smallest absolute Gasteiger partial charge is 0.204 e. The molecule has 0 bridgehead atoms. The molecule has 30 heavy (non-hydrogen) atoms. The van der Waals surface area contributed by atoms with Gasteiger partial charge in [0.05, 0.1) is 18.5 Å². The Kier molecular flexibility index (Phi) is 5.01. The van der Waals surface area contributed by atoms with Crippen LogP contribution in [0.25, 0.3) is 33.3 Å². The maximum absolute atomic E-state index is 10.5. The number of benzene rings is 1. The lowest BCUT2D eigenvalue weighted by Gasteiger charge is -2.28. The number of anilines is 1. The van der Waals surface area contributed by atoms with Crippen LogP contribution in [0.4, 0.5) is 5.82 Å². The summed E-state index contributed by atoms with van der Waals surface area (Å²) in [6, 6.07) is 5.97. The zero-order chi connectivity index (χ0) is 20.5. The summed E-state index contributed by atoms with van der Waals surface area (Å²) in [7, 11) is 1.74. The fourth-order valence-corrected chi connectivity index (χ4v) is 4.12. The third-order valence-electron chi connectivity index (χ3n) is 5.58. The van der Waals surface area contributed by atoms with Crippen LogP contribution in [0.3, 0.4) is 0 Å².